The largest absolute Gasteiger partial charge is 0.392 e. The molecule has 1 atom stereocenters. The monoisotopic (exact) mass is 223 g/mol. The highest BCUT2D eigenvalue weighted by molar-refractivity contribution is 7.91. The lowest BCUT2D eigenvalue weighted by Gasteiger charge is -2.19. The fourth-order valence-corrected chi connectivity index (χ4v) is 1.90. The molecule has 0 aromatic heterocycles. The van der Waals surface area contributed by atoms with Gasteiger partial charge in [0, 0.05) is 18.8 Å². The maximum absolute atomic E-state index is 11.2. The van der Waals surface area contributed by atoms with Crippen molar-refractivity contribution in [2.24, 2.45) is 0 Å². The zero-order valence-corrected chi connectivity index (χ0v) is 10.0. The lowest BCUT2D eigenvalue weighted by Crippen LogP contribution is -2.32. The standard InChI is InChI=1S/C9H21NO3S/c1-4-9(11)8-10(3)6-7-14(12,13)5-2/h9,11H,4-8H2,1-3H3/t9-/m1/s1. The molecule has 0 spiro atoms. The Kier molecular flexibility index (Phi) is 6.31. The first kappa shape index (κ1) is 13.9. The van der Waals surface area contributed by atoms with Crippen LogP contribution in [0.3, 0.4) is 0 Å². The molecule has 0 saturated carbocycles. The van der Waals surface area contributed by atoms with Crippen molar-refractivity contribution in [1.29, 1.82) is 0 Å². The predicted molar refractivity (Wildman–Crippen MR) is 58.1 cm³/mol. The average Bonchev–Trinajstić information content (AvgIpc) is 2.15. The van der Waals surface area contributed by atoms with E-state index in [2.05, 4.69) is 0 Å². The maximum Gasteiger partial charge on any atom is 0.151 e. The molecule has 0 bridgehead atoms. The number of sulfone groups is 1. The summed E-state index contributed by atoms with van der Waals surface area (Å²) in [5.41, 5.74) is 0. The van der Waals surface area contributed by atoms with Gasteiger partial charge in [0.1, 0.15) is 0 Å². The van der Waals surface area contributed by atoms with E-state index in [0.29, 0.717) is 19.5 Å². The van der Waals surface area contributed by atoms with E-state index in [-0.39, 0.29) is 17.6 Å². The van der Waals surface area contributed by atoms with Crippen molar-refractivity contribution in [2.45, 2.75) is 26.4 Å². The minimum atomic E-state index is -2.88. The van der Waals surface area contributed by atoms with Crippen molar-refractivity contribution in [3.63, 3.8) is 0 Å². The Morgan fingerprint density at radius 2 is 1.93 bits per heavy atom. The third kappa shape index (κ3) is 6.34. The lowest BCUT2D eigenvalue weighted by molar-refractivity contribution is 0.125. The fourth-order valence-electron chi connectivity index (χ4n) is 1.02. The van der Waals surface area contributed by atoms with Crippen LogP contribution in [-0.4, -0.2) is 56.2 Å². The average molecular weight is 223 g/mol. The first-order chi connectivity index (χ1) is 6.41. The zero-order chi connectivity index (χ0) is 11.2. The highest BCUT2D eigenvalue weighted by atomic mass is 32.2. The van der Waals surface area contributed by atoms with Crippen LogP contribution in [0.15, 0.2) is 0 Å². The Hall–Kier alpha value is -0.130. The van der Waals surface area contributed by atoms with Gasteiger partial charge in [0.05, 0.1) is 11.9 Å². The van der Waals surface area contributed by atoms with Crippen molar-refractivity contribution in [3.05, 3.63) is 0 Å². The topological polar surface area (TPSA) is 57.6 Å². The third-order valence-electron chi connectivity index (χ3n) is 2.22. The van der Waals surface area contributed by atoms with Gasteiger partial charge in [-0.3, -0.25) is 0 Å². The minimum Gasteiger partial charge on any atom is -0.392 e. The van der Waals surface area contributed by atoms with Crippen molar-refractivity contribution >= 4 is 9.84 Å². The molecule has 86 valence electrons. The number of aliphatic hydroxyl groups is 1. The second-order valence-corrected chi connectivity index (χ2v) is 6.03. The summed E-state index contributed by atoms with van der Waals surface area (Å²) in [6.07, 6.45) is 0.342. The fraction of sp³-hybridized carbons (Fsp3) is 1.00. The molecule has 0 fully saturated rings. The molecule has 0 aromatic carbocycles. The highest BCUT2D eigenvalue weighted by Crippen LogP contribution is 1.96. The van der Waals surface area contributed by atoms with Crippen LogP contribution in [0.5, 0.6) is 0 Å². The second-order valence-electron chi connectivity index (χ2n) is 3.56. The van der Waals surface area contributed by atoms with Crippen LogP contribution in [0, 0.1) is 0 Å². The molecule has 0 unspecified atom stereocenters. The van der Waals surface area contributed by atoms with Gasteiger partial charge in [0.15, 0.2) is 9.84 Å². The summed E-state index contributed by atoms with van der Waals surface area (Å²) in [5.74, 6) is 0.369. The number of nitrogens with zero attached hydrogens (tertiary/aromatic N) is 1. The Balaban J connectivity index is 3.80. The van der Waals surface area contributed by atoms with Gasteiger partial charge in [0.25, 0.3) is 0 Å². The molecule has 0 rings (SSSR count). The Morgan fingerprint density at radius 3 is 2.36 bits per heavy atom. The molecule has 0 radical (unpaired) electrons. The SMILES string of the molecule is CC[C@@H](O)CN(C)CCS(=O)(=O)CC. The molecule has 0 aromatic rings. The summed E-state index contributed by atoms with van der Waals surface area (Å²) in [5, 5.41) is 9.32. The molecule has 0 aliphatic heterocycles. The van der Waals surface area contributed by atoms with E-state index in [1.165, 1.54) is 0 Å². The quantitative estimate of drug-likeness (QED) is 0.666. The van der Waals surface area contributed by atoms with Gasteiger partial charge in [-0.15, -0.1) is 0 Å². The van der Waals surface area contributed by atoms with Gasteiger partial charge in [-0.25, -0.2) is 8.42 Å². The van der Waals surface area contributed by atoms with Crippen molar-refractivity contribution in [3.8, 4) is 0 Å². The number of hydrogen-bond donors (Lipinski definition) is 1. The van der Waals surface area contributed by atoms with Gasteiger partial charge in [-0.05, 0) is 13.5 Å². The number of likely N-dealkylation sites (N-methyl/N-ethyl adjacent to an activating group) is 1. The molecule has 1 N–H and O–H groups in total. The van der Waals surface area contributed by atoms with Crippen LogP contribution < -0.4 is 0 Å². The molecule has 0 aliphatic rings. The van der Waals surface area contributed by atoms with Gasteiger partial charge >= 0.3 is 0 Å². The van der Waals surface area contributed by atoms with Gasteiger partial charge in [-0.2, -0.15) is 0 Å². The molecule has 0 saturated heterocycles. The Bertz CT molecular complexity index is 238. The molecule has 0 heterocycles. The lowest BCUT2D eigenvalue weighted by atomic mass is 10.3. The molecule has 0 amide bonds. The van der Waals surface area contributed by atoms with Crippen LogP contribution in [-0.2, 0) is 9.84 Å². The van der Waals surface area contributed by atoms with Gasteiger partial charge < -0.3 is 10.0 Å². The first-order valence-corrected chi connectivity index (χ1v) is 6.80. The third-order valence-corrected chi connectivity index (χ3v) is 3.90. The van der Waals surface area contributed by atoms with Crippen molar-refractivity contribution in [2.75, 3.05) is 31.6 Å². The van der Waals surface area contributed by atoms with Crippen LogP contribution in [0.25, 0.3) is 0 Å². The second kappa shape index (κ2) is 6.37. The van der Waals surface area contributed by atoms with Gasteiger partial charge in [0.2, 0.25) is 0 Å². The van der Waals surface area contributed by atoms with E-state index in [1.54, 1.807) is 6.92 Å². The Morgan fingerprint density at radius 1 is 1.36 bits per heavy atom. The Labute approximate surface area is 86.8 Å². The van der Waals surface area contributed by atoms with Crippen molar-refractivity contribution < 1.29 is 13.5 Å². The van der Waals surface area contributed by atoms with Crippen molar-refractivity contribution in [1.82, 2.24) is 4.90 Å². The van der Waals surface area contributed by atoms with E-state index in [4.69, 9.17) is 0 Å². The van der Waals surface area contributed by atoms with Crippen LogP contribution in [0.1, 0.15) is 20.3 Å². The van der Waals surface area contributed by atoms with Crippen LogP contribution >= 0.6 is 0 Å². The summed E-state index contributed by atoms with van der Waals surface area (Å²) in [7, 11) is -1.06. The molecule has 5 heteroatoms. The van der Waals surface area contributed by atoms with E-state index in [9.17, 15) is 13.5 Å². The summed E-state index contributed by atoms with van der Waals surface area (Å²) in [6.45, 7) is 4.58. The van der Waals surface area contributed by atoms with E-state index >= 15 is 0 Å². The smallest absolute Gasteiger partial charge is 0.151 e. The normalized spacial score (nSPS) is 14.6. The van der Waals surface area contributed by atoms with E-state index in [0.717, 1.165) is 0 Å². The molecular weight excluding hydrogens is 202 g/mol. The number of hydrogen-bond acceptors (Lipinski definition) is 4. The van der Waals surface area contributed by atoms with Gasteiger partial charge in [-0.1, -0.05) is 13.8 Å². The molecule has 0 aliphatic carbocycles. The zero-order valence-electron chi connectivity index (χ0n) is 9.23. The number of rotatable bonds is 7. The van der Waals surface area contributed by atoms with E-state index in [1.807, 2.05) is 18.9 Å². The number of aliphatic hydroxyl groups excluding tert-OH is 1. The van der Waals surface area contributed by atoms with Crippen LogP contribution in [0.2, 0.25) is 0 Å². The summed E-state index contributed by atoms with van der Waals surface area (Å²) < 4.78 is 22.3. The van der Waals surface area contributed by atoms with Crippen LogP contribution in [0.4, 0.5) is 0 Å². The molecule has 4 nitrogen and oxygen atoms in total. The van der Waals surface area contributed by atoms with E-state index < -0.39 is 9.84 Å². The summed E-state index contributed by atoms with van der Waals surface area (Å²) in [6, 6.07) is 0. The first-order valence-electron chi connectivity index (χ1n) is 4.98. The predicted octanol–water partition coefficient (Wildman–Crippen LogP) is 0.124. The highest BCUT2D eigenvalue weighted by Gasteiger charge is 2.11. The maximum atomic E-state index is 11.2. The minimum absolute atomic E-state index is 0.177. The summed E-state index contributed by atoms with van der Waals surface area (Å²) >= 11 is 0. The summed E-state index contributed by atoms with van der Waals surface area (Å²) in [4.78, 5) is 1.85. The molecular formula is C9H21NO3S. The molecule has 14 heavy (non-hydrogen) atoms.